The van der Waals surface area contributed by atoms with Crippen molar-refractivity contribution in [3.05, 3.63) is 66.2 Å². The quantitative estimate of drug-likeness (QED) is 0.825. The van der Waals surface area contributed by atoms with E-state index in [0.717, 1.165) is 36.1 Å². The van der Waals surface area contributed by atoms with E-state index in [4.69, 9.17) is 17.0 Å². The molecule has 0 aliphatic carbocycles. The van der Waals surface area contributed by atoms with E-state index in [1.54, 1.807) is 0 Å². The van der Waals surface area contributed by atoms with Gasteiger partial charge in [-0.1, -0.05) is 36.4 Å². The van der Waals surface area contributed by atoms with Crippen LogP contribution >= 0.6 is 12.2 Å². The number of rotatable bonds is 4. The molecule has 24 heavy (non-hydrogen) atoms. The van der Waals surface area contributed by atoms with Crippen molar-refractivity contribution in [1.82, 2.24) is 4.90 Å². The van der Waals surface area contributed by atoms with E-state index in [-0.39, 0.29) is 0 Å². The van der Waals surface area contributed by atoms with Crippen LogP contribution < -0.4 is 10.1 Å². The van der Waals surface area contributed by atoms with E-state index in [0.29, 0.717) is 6.61 Å². The first kappa shape index (κ1) is 16.5. The fourth-order valence-corrected chi connectivity index (χ4v) is 3.06. The van der Waals surface area contributed by atoms with E-state index in [1.807, 2.05) is 31.2 Å². The molecule has 0 atom stereocenters. The number of hydrogen-bond acceptors (Lipinski definition) is 2. The van der Waals surface area contributed by atoms with E-state index < -0.39 is 0 Å². The summed E-state index contributed by atoms with van der Waals surface area (Å²) in [7, 11) is 0. The average Bonchev–Trinajstić information content (AvgIpc) is 2.64. The molecule has 0 amide bonds. The molecule has 0 saturated carbocycles. The molecule has 0 spiro atoms. The summed E-state index contributed by atoms with van der Waals surface area (Å²) in [5.74, 6) is 0.877. The minimum Gasteiger partial charge on any atom is -0.494 e. The van der Waals surface area contributed by atoms with Crippen LogP contribution in [-0.2, 0) is 0 Å². The first-order valence-corrected chi connectivity index (χ1v) is 8.70. The Hall–Kier alpha value is -2.33. The zero-order valence-corrected chi connectivity index (χ0v) is 14.7. The smallest absolute Gasteiger partial charge is 0.173 e. The topological polar surface area (TPSA) is 24.5 Å². The Balaban J connectivity index is 1.58. The third-order valence-electron chi connectivity index (χ3n) is 4.06. The van der Waals surface area contributed by atoms with Gasteiger partial charge in [-0.2, -0.15) is 0 Å². The Bertz CT molecular complexity index is 710. The van der Waals surface area contributed by atoms with Crippen LogP contribution in [0, 0.1) is 0 Å². The van der Waals surface area contributed by atoms with E-state index in [1.165, 1.54) is 11.1 Å². The number of ether oxygens (including phenoxy) is 1. The van der Waals surface area contributed by atoms with Crippen LogP contribution in [0.5, 0.6) is 5.75 Å². The number of thiocarbonyl (C=S) groups is 1. The summed E-state index contributed by atoms with van der Waals surface area (Å²) in [6, 6.07) is 18.4. The van der Waals surface area contributed by atoms with Crippen LogP contribution in [0.3, 0.4) is 0 Å². The first-order chi connectivity index (χ1) is 11.8. The lowest BCUT2D eigenvalue weighted by Gasteiger charge is -2.29. The van der Waals surface area contributed by atoms with E-state index in [9.17, 15) is 0 Å². The molecule has 4 heteroatoms. The molecule has 0 saturated heterocycles. The summed E-state index contributed by atoms with van der Waals surface area (Å²) in [5.41, 5.74) is 3.69. The van der Waals surface area contributed by atoms with Crippen molar-refractivity contribution in [2.45, 2.75) is 13.3 Å². The largest absolute Gasteiger partial charge is 0.494 e. The number of nitrogens with one attached hydrogen (secondary N) is 1. The highest BCUT2D eigenvalue weighted by atomic mass is 32.1. The van der Waals surface area contributed by atoms with Crippen molar-refractivity contribution in [2.24, 2.45) is 0 Å². The minimum absolute atomic E-state index is 0.676. The van der Waals surface area contributed by atoms with Gasteiger partial charge in [-0.15, -0.1) is 0 Å². The number of nitrogens with zero attached hydrogens (tertiary/aromatic N) is 1. The molecule has 0 aromatic heterocycles. The SMILES string of the molecule is CCOc1ccc(NC(=S)N2CC=C(c3ccccc3)CC2)cc1. The summed E-state index contributed by atoms with van der Waals surface area (Å²) >= 11 is 5.55. The fraction of sp³-hybridized carbons (Fsp3) is 0.250. The van der Waals surface area contributed by atoms with Gasteiger partial charge in [-0.3, -0.25) is 0 Å². The molecule has 1 heterocycles. The first-order valence-electron chi connectivity index (χ1n) is 8.29. The van der Waals surface area contributed by atoms with Gasteiger partial charge in [-0.25, -0.2) is 0 Å². The molecule has 2 aromatic rings. The Morgan fingerprint density at radius 2 is 1.88 bits per heavy atom. The standard InChI is InChI=1S/C20H22N2OS/c1-2-23-19-10-8-18(9-11-19)21-20(24)22-14-12-17(13-15-22)16-6-4-3-5-7-16/h3-12H,2,13-15H2,1H3,(H,21,24). The molecule has 1 aliphatic rings. The Morgan fingerprint density at radius 1 is 1.12 bits per heavy atom. The van der Waals surface area contributed by atoms with Crippen molar-refractivity contribution >= 4 is 28.6 Å². The molecule has 0 unspecified atom stereocenters. The van der Waals surface area contributed by atoms with Crippen LogP contribution in [-0.4, -0.2) is 29.7 Å². The van der Waals surface area contributed by atoms with Crippen LogP contribution in [0.2, 0.25) is 0 Å². The molecule has 0 fully saturated rings. The van der Waals surface area contributed by atoms with Crippen molar-refractivity contribution in [3.63, 3.8) is 0 Å². The zero-order valence-electron chi connectivity index (χ0n) is 13.9. The maximum absolute atomic E-state index is 5.55. The summed E-state index contributed by atoms with van der Waals surface area (Å²) in [4.78, 5) is 2.19. The van der Waals surface area contributed by atoms with Gasteiger partial charge < -0.3 is 15.0 Å². The zero-order chi connectivity index (χ0) is 16.8. The predicted octanol–water partition coefficient (Wildman–Crippen LogP) is 4.57. The fourth-order valence-electron chi connectivity index (χ4n) is 2.77. The highest BCUT2D eigenvalue weighted by Gasteiger charge is 2.15. The second-order valence-electron chi connectivity index (χ2n) is 5.68. The summed E-state index contributed by atoms with van der Waals surface area (Å²) < 4.78 is 5.46. The molecule has 3 rings (SSSR count). The van der Waals surface area contributed by atoms with Crippen LogP contribution in [0.15, 0.2) is 60.7 Å². The highest BCUT2D eigenvalue weighted by molar-refractivity contribution is 7.80. The van der Waals surface area contributed by atoms with Gasteiger partial charge in [0, 0.05) is 18.8 Å². The molecule has 124 valence electrons. The maximum atomic E-state index is 5.55. The summed E-state index contributed by atoms with van der Waals surface area (Å²) in [6.45, 7) is 4.43. The summed E-state index contributed by atoms with van der Waals surface area (Å²) in [5, 5.41) is 4.07. The van der Waals surface area contributed by atoms with Crippen LogP contribution in [0.25, 0.3) is 5.57 Å². The monoisotopic (exact) mass is 338 g/mol. The van der Waals surface area contributed by atoms with Crippen molar-refractivity contribution < 1.29 is 4.74 Å². The van der Waals surface area contributed by atoms with Crippen LogP contribution in [0.1, 0.15) is 18.9 Å². The molecular formula is C20H22N2OS. The highest BCUT2D eigenvalue weighted by Crippen LogP contribution is 2.23. The summed E-state index contributed by atoms with van der Waals surface area (Å²) in [6.07, 6.45) is 3.28. The molecule has 0 radical (unpaired) electrons. The Morgan fingerprint density at radius 3 is 2.50 bits per heavy atom. The number of anilines is 1. The average molecular weight is 338 g/mol. The van der Waals surface area contributed by atoms with Crippen LogP contribution in [0.4, 0.5) is 5.69 Å². The number of benzene rings is 2. The van der Waals surface area contributed by atoms with Crippen molar-refractivity contribution in [2.75, 3.05) is 25.0 Å². The second-order valence-corrected chi connectivity index (χ2v) is 6.07. The Labute approximate surface area is 148 Å². The molecule has 2 aromatic carbocycles. The molecule has 1 aliphatic heterocycles. The number of hydrogen-bond donors (Lipinski definition) is 1. The Kier molecular flexibility index (Phi) is 5.49. The van der Waals surface area contributed by atoms with Gasteiger partial charge >= 0.3 is 0 Å². The van der Waals surface area contributed by atoms with Gasteiger partial charge in [0.1, 0.15) is 5.75 Å². The normalized spacial score (nSPS) is 14.0. The molecular weight excluding hydrogens is 316 g/mol. The van der Waals surface area contributed by atoms with Gasteiger partial charge in [0.2, 0.25) is 0 Å². The molecule has 3 nitrogen and oxygen atoms in total. The lowest BCUT2D eigenvalue weighted by molar-refractivity contribution is 0.340. The van der Waals surface area contributed by atoms with Gasteiger partial charge in [0.05, 0.1) is 6.61 Å². The van der Waals surface area contributed by atoms with Gasteiger partial charge in [0.15, 0.2) is 5.11 Å². The predicted molar refractivity (Wildman–Crippen MR) is 104 cm³/mol. The minimum atomic E-state index is 0.676. The van der Waals surface area contributed by atoms with Crippen molar-refractivity contribution in [1.29, 1.82) is 0 Å². The maximum Gasteiger partial charge on any atom is 0.173 e. The third kappa shape index (κ3) is 4.15. The molecule has 0 bridgehead atoms. The lowest BCUT2D eigenvalue weighted by atomic mass is 10.00. The van der Waals surface area contributed by atoms with Gasteiger partial charge in [-0.05, 0) is 61.0 Å². The van der Waals surface area contributed by atoms with Gasteiger partial charge in [0.25, 0.3) is 0 Å². The van der Waals surface area contributed by atoms with Crippen molar-refractivity contribution in [3.8, 4) is 5.75 Å². The molecule has 1 N–H and O–H groups in total. The third-order valence-corrected chi connectivity index (χ3v) is 4.42. The van der Waals surface area contributed by atoms with E-state index >= 15 is 0 Å². The second kappa shape index (κ2) is 7.97. The van der Waals surface area contributed by atoms with E-state index in [2.05, 4.69) is 46.6 Å². The lowest BCUT2D eigenvalue weighted by Crippen LogP contribution is -2.37.